The molecule has 4 rings (SSSR count). The molecule has 0 atom stereocenters. The third-order valence-corrected chi connectivity index (χ3v) is 5.45. The summed E-state index contributed by atoms with van der Waals surface area (Å²) in [6.45, 7) is 2.54. The first-order valence-electron chi connectivity index (χ1n) is 11.6. The maximum Gasteiger partial charge on any atom is 0.274 e. The molecule has 190 valence electrons. The topological polar surface area (TPSA) is 108 Å². The summed E-state index contributed by atoms with van der Waals surface area (Å²) in [4.78, 5) is 25.2. The van der Waals surface area contributed by atoms with Crippen molar-refractivity contribution in [3.05, 3.63) is 101 Å². The van der Waals surface area contributed by atoms with Crippen molar-refractivity contribution in [2.24, 2.45) is 7.05 Å². The Morgan fingerprint density at radius 3 is 2.68 bits per heavy atom. The van der Waals surface area contributed by atoms with Crippen LogP contribution in [-0.4, -0.2) is 28.7 Å². The molecule has 9 nitrogen and oxygen atoms in total. The van der Waals surface area contributed by atoms with Crippen LogP contribution in [-0.2, 0) is 25.0 Å². The van der Waals surface area contributed by atoms with Crippen molar-refractivity contribution in [1.29, 1.82) is 0 Å². The minimum Gasteiger partial charge on any atom is -0.496 e. The Morgan fingerprint density at radius 1 is 1.14 bits per heavy atom. The van der Waals surface area contributed by atoms with Gasteiger partial charge < -0.3 is 24.5 Å². The zero-order valence-electron chi connectivity index (χ0n) is 20.9. The van der Waals surface area contributed by atoms with Crippen LogP contribution in [0.25, 0.3) is 6.08 Å². The lowest BCUT2D eigenvalue weighted by Gasteiger charge is -2.11. The number of furan rings is 1. The summed E-state index contributed by atoms with van der Waals surface area (Å²) in [7, 11) is 3.27. The van der Waals surface area contributed by atoms with Crippen molar-refractivity contribution in [1.82, 2.24) is 15.1 Å². The van der Waals surface area contributed by atoms with Crippen LogP contribution in [0.3, 0.4) is 0 Å². The molecule has 0 fully saturated rings. The summed E-state index contributed by atoms with van der Waals surface area (Å²) in [6, 6.07) is 16.9. The number of nitrogens with zero attached hydrogens (tertiary/aromatic N) is 2. The zero-order chi connectivity index (χ0) is 26.2. The van der Waals surface area contributed by atoms with Crippen LogP contribution in [0.2, 0.25) is 0 Å². The number of rotatable bonds is 10. The molecule has 37 heavy (non-hydrogen) atoms. The molecule has 2 N–H and O–H groups in total. The van der Waals surface area contributed by atoms with Crippen LogP contribution >= 0.6 is 0 Å². The van der Waals surface area contributed by atoms with Crippen molar-refractivity contribution in [2.45, 2.75) is 20.1 Å². The Morgan fingerprint density at radius 2 is 1.95 bits per heavy atom. The second kappa shape index (κ2) is 11.8. The predicted molar refractivity (Wildman–Crippen MR) is 139 cm³/mol. The fourth-order valence-corrected chi connectivity index (χ4v) is 3.57. The smallest absolute Gasteiger partial charge is 0.274 e. The fourth-order valence-electron chi connectivity index (χ4n) is 3.57. The van der Waals surface area contributed by atoms with E-state index in [9.17, 15) is 9.59 Å². The lowest BCUT2D eigenvalue weighted by molar-refractivity contribution is -0.111. The summed E-state index contributed by atoms with van der Waals surface area (Å²) in [5.74, 6) is 1.23. The Hall–Kier alpha value is -4.79. The van der Waals surface area contributed by atoms with Gasteiger partial charge in [-0.1, -0.05) is 23.8 Å². The van der Waals surface area contributed by atoms with E-state index in [1.165, 1.54) is 17.0 Å². The molecule has 2 amide bonds. The molecule has 0 unspecified atom stereocenters. The van der Waals surface area contributed by atoms with Gasteiger partial charge in [0, 0.05) is 24.9 Å². The number of aromatic nitrogens is 2. The minimum absolute atomic E-state index is 0.107. The largest absolute Gasteiger partial charge is 0.496 e. The molecule has 2 heterocycles. The van der Waals surface area contributed by atoms with Crippen molar-refractivity contribution in [3.8, 4) is 11.5 Å². The Balaban J connectivity index is 1.40. The maximum absolute atomic E-state index is 12.6. The van der Waals surface area contributed by atoms with Gasteiger partial charge in [0.1, 0.15) is 23.9 Å². The van der Waals surface area contributed by atoms with E-state index in [1.807, 2.05) is 49.4 Å². The first kappa shape index (κ1) is 25.3. The summed E-state index contributed by atoms with van der Waals surface area (Å²) >= 11 is 0. The highest BCUT2D eigenvalue weighted by atomic mass is 16.5. The highest BCUT2D eigenvalue weighted by molar-refractivity contribution is 6.06. The van der Waals surface area contributed by atoms with Gasteiger partial charge >= 0.3 is 0 Å². The summed E-state index contributed by atoms with van der Waals surface area (Å²) < 4.78 is 18.0. The number of hydrogen-bond acceptors (Lipinski definition) is 6. The van der Waals surface area contributed by atoms with Crippen LogP contribution < -0.4 is 20.1 Å². The molecule has 0 spiro atoms. The Labute approximate surface area is 214 Å². The quantitative estimate of drug-likeness (QED) is 0.311. The van der Waals surface area contributed by atoms with Crippen molar-refractivity contribution in [3.63, 3.8) is 0 Å². The third-order valence-electron chi connectivity index (χ3n) is 5.45. The van der Waals surface area contributed by atoms with E-state index >= 15 is 0 Å². The van der Waals surface area contributed by atoms with Gasteiger partial charge in [-0.25, -0.2) is 0 Å². The van der Waals surface area contributed by atoms with E-state index in [0.29, 0.717) is 23.8 Å². The Kier molecular flexibility index (Phi) is 8.05. The molecule has 0 aliphatic heterocycles. The molecule has 4 aromatic rings. The van der Waals surface area contributed by atoms with Gasteiger partial charge in [0.15, 0.2) is 5.69 Å². The number of ether oxygens (including phenoxy) is 2. The average molecular weight is 501 g/mol. The van der Waals surface area contributed by atoms with Gasteiger partial charge in [0.2, 0.25) is 5.91 Å². The van der Waals surface area contributed by atoms with Crippen LogP contribution in [0.1, 0.15) is 32.9 Å². The van der Waals surface area contributed by atoms with E-state index in [1.54, 1.807) is 38.6 Å². The number of anilines is 1. The number of hydrogen-bond donors (Lipinski definition) is 2. The van der Waals surface area contributed by atoms with E-state index in [0.717, 1.165) is 22.4 Å². The maximum atomic E-state index is 12.6. The normalized spacial score (nSPS) is 10.9. The summed E-state index contributed by atoms with van der Waals surface area (Å²) in [6.07, 6.45) is 6.17. The number of aryl methyl sites for hydroxylation is 2. The molecule has 2 aromatic heterocycles. The second-order valence-corrected chi connectivity index (χ2v) is 8.32. The van der Waals surface area contributed by atoms with Crippen LogP contribution in [0.15, 0.2) is 77.6 Å². The van der Waals surface area contributed by atoms with Gasteiger partial charge in [-0.2, -0.15) is 5.10 Å². The van der Waals surface area contributed by atoms with E-state index in [4.69, 9.17) is 13.9 Å². The second-order valence-electron chi connectivity index (χ2n) is 8.32. The SMILES string of the molecule is COc1ccc(/C=C/C(=O)Nc2cn(C)nc2C(=O)NCc2ccco2)cc1COc1ccc(C)cc1. The lowest BCUT2D eigenvalue weighted by Crippen LogP contribution is -2.24. The number of amides is 2. The zero-order valence-corrected chi connectivity index (χ0v) is 20.9. The fraction of sp³-hybridized carbons (Fsp3) is 0.179. The predicted octanol–water partition coefficient (Wildman–Crippen LogP) is 4.49. The monoisotopic (exact) mass is 500 g/mol. The number of carbonyl (C=O) groups is 2. The van der Waals surface area contributed by atoms with E-state index in [2.05, 4.69) is 15.7 Å². The van der Waals surface area contributed by atoms with Crippen LogP contribution in [0, 0.1) is 6.92 Å². The van der Waals surface area contributed by atoms with Crippen LogP contribution in [0.4, 0.5) is 5.69 Å². The Bertz CT molecular complexity index is 1390. The molecule has 9 heteroatoms. The highest BCUT2D eigenvalue weighted by Gasteiger charge is 2.17. The van der Waals surface area contributed by atoms with Gasteiger partial charge in [-0.3, -0.25) is 14.3 Å². The molecule has 2 aromatic carbocycles. The van der Waals surface area contributed by atoms with Crippen molar-refractivity contribution < 1.29 is 23.5 Å². The number of nitrogens with one attached hydrogen (secondary N) is 2. The molecule has 0 aliphatic carbocycles. The van der Waals surface area contributed by atoms with E-state index in [-0.39, 0.29) is 12.2 Å². The first-order chi connectivity index (χ1) is 17.9. The van der Waals surface area contributed by atoms with Gasteiger partial charge in [-0.15, -0.1) is 0 Å². The highest BCUT2D eigenvalue weighted by Crippen LogP contribution is 2.23. The van der Waals surface area contributed by atoms with Crippen molar-refractivity contribution >= 4 is 23.6 Å². The molecule has 0 radical (unpaired) electrons. The molecule has 0 bridgehead atoms. The first-order valence-corrected chi connectivity index (χ1v) is 11.6. The van der Waals surface area contributed by atoms with Crippen LogP contribution in [0.5, 0.6) is 11.5 Å². The third kappa shape index (κ3) is 6.88. The number of carbonyl (C=O) groups excluding carboxylic acids is 2. The van der Waals surface area contributed by atoms with Gasteiger partial charge in [0.25, 0.3) is 5.91 Å². The summed E-state index contributed by atoms with van der Waals surface area (Å²) in [5, 5.41) is 9.62. The number of methoxy groups -OCH3 is 1. The molecule has 0 aliphatic rings. The van der Waals surface area contributed by atoms with E-state index < -0.39 is 11.8 Å². The minimum atomic E-state index is -0.426. The lowest BCUT2D eigenvalue weighted by atomic mass is 10.1. The molecular weight excluding hydrogens is 472 g/mol. The molecular formula is C28H28N4O5. The average Bonchev–Trinajstić information content (AvgIpc) is 3.55. The van der Waals surface area contributed by atoms with Gasteiger partial charge in [0.05, 0.1) is 25.6 Å². The molecule has 0 saturated heterocycles. The molecule has 0 saturated carbocycles. The van der Waals surface area contributed by atoms with Crippen molar-refractivity contribution in [2.75, 3.05) is 12.4 Å². The number of benzene rings is 2. The standard InChI is InChI=1S/C28H28N4O5/c1-19-6-10-22(11-7-19)37-18-21-15-20(8-12-25(21)35-3)9-13-26(33)30-24-17-32(2)31-27(24)28(34)29-16-23-5-4-14-36-23/h4-15,17H,16,18H2,1-3H3,(H,29,34)(H,30,33)/b13-9+. The summed E-state index contributed by atoms with van der Waals surface area (Å²) in [5.41, 5.74) is 3.20. The van der Waals surface area contributed by atoms with Gasteiger partial charge in [-0.05, 0) is 55.0 Å².